The third-order valence-corrected chi connectivity index (χ3v) is 9.96. The largest absolute Gasteiger partial charge is 0.481 e. The molecule has 0 unspecified atom stereocenters. The van der Waals surface area contributed by atoms with Crippen molar-refractivity contribution >= 4 is 49.2 Å². The lowest BCUT2D eigenvalue weighted by Gasteiger charge is -2.10. The smallest absolute Gasteiger partial charge is 0.416 e. The van der Waals surface area contributed by atoms with Gasteiger partial charge in [0, 0.05) is 27.5 Å². The van der Waals surface area contributed by atoms with Crippen LogP contribution < -0.4 is 0 Å². The van der Waals surface area contributed by atoms with Crippen LogP contribution in [0.15, 0.2) is 48.6 Å². The molecule has 0 aliphatic rings. The molecule has 0 spiro atoms. The first-order valence-corrected chi connectivity index (χ1v) is 17.5. The van der Waals surface area contributed by atoms with Gasteiger partial charge in [-0.1, -0.05) is 86.9 Å². The molecule has 3 nitrogen and oxygen atoms in total. The Hall–Kier alpha value is -2.97. The maximum absolute atomic E-state index is 14.7. The van der Waals surface area contributed by atoms with Crippen molar-refractivity contribution in [1.82, 2.24) is 4.98 Å². The fourth-order valence-electron chi connectivity index (χ4n) is 5.89. The van der Waals surface area contributed by atoms with E-state index in [0.29, 0.717) is 16.7 Å². The molecule has 0 amide bonds. The van der Waals surface area contributed by atoms with Gasteiger partial charge in [0.15, 0.2) is 0 Å². The van der Waals surface area contributed by atoms with Gasteiger partial charge in [0.2, 0.25) is 0 Å². The summed E-state index contributed by atoms with van der Waals surface area (Å²) in [5.74, 6) is -1.61. The molecule has 2 heterocycles. The summed E-state index contributed by atoms with van der Waals surface area (Å²) in [6, 6.07) is 8.12. The van der Waals surface area contributed by atoms with Gasteiger partial charge in [-0.3, -0.25) is 4.79 Å². The summed E-state index contributed by atoms with van der Waals surface area (Å²) < 4.78 is 54.7. The van der Waals surface area contributed by atoms with Gasteiger partial charge in [0.25, 0.3) is 0 Å². The molecular formula is C37H42ClF4NO2S. The van der Waals surface area contributed by atoms with Gasteiger partial charge in [0.05, 0.1) is 16.3 Å². The van der Waals surface area contributed by atoms with Crippen molar-refractivity contribution in [3.05, 3.63) is 76.2 Å². The van der Waals surface area contributed by atoms with Gasteiger partial charge < -0.3 is 5.11 Å². The molecule has 46 heavy (non-hydrogen) atoms. The topological polar surface area (TPSA) is 50.2 Å². The van der Waals surface area contributed by atoms with Crippen LogP contribution in [0.5, 0.6) is 0 Å². The van der Waals surface area contributed by atoms with E-state index >= 15 is 0 Å². The molecule has 2 aromatic heterocycles. The van der Waals surface area contributed by atoms with E-state index in [2.05, 4.69) is 12.2 Å². The number of thiophene rings is 1. The normalized spacial score (nSPS) is 12.2. The van der Waals surface area contributed by atoms with Crippen molar-refractivity contribution in [1.29, 1.82) is 0 Å². The zero-order chi connectivity index (χ0) is 33.1. The zero-order valence-electron chi connectivity index (χ0n) is 26.3. The maximum Gasteiger partial charge on any atom is 0.416 e. The molecule has 0 aliphatic carbocycles. The number of rotatable bonds is 18. The van der Waals surface area contributed by atoms with Crippen LogP contribution >= 0.6 is 22.9 Å². The molecule has 0 atom stereocenters. The molecule has 248 valence electrons. The molecule has 1 N–H and O–H groups in total. The number of carbonyl (C=O) groups is 1. The van der Waals surface area contributed by atoms with Crippen LogP contribution in [0.2, 0.25) is 5.02 Å². The van der Waals surface area contributed by atoms with Crippen molar-refractivity contribution in [2.75, 3.05) is 0 Å². The Morgan fingerprint density at radius 3 is 2.15 bits per heavy atom. The lowest BCUT2D eigenvalue weighted by molar-refractivity contribution is -0.138. The lowest BCUT2D eigenvalue weighted by atomic mass is 9.98. The van der Waals surface area contributed by atoms with Crippen molar-refractivity contribution < 1.29 is 27.5 Å². The summed E-state index contributed by atoms with van der Waals surface area (Å²) in [7, 11) is 0. The summed E-state index contributed by atoms with van der Waals surface area (Å²) in [5, 5.41) is 11.3. The van der Waals surface area contributed by atoms with Crippen LogP contribution in [0.4, 0.5) is 17.6 Å². The molecule has 9 heteroatoms. The number of benzene rings is 2. The van der Waals surface area contributed by atoms with Gasteiger partial charge in [-0.25, -0.2) is 9.37 Å². The number of fused-ring (bicyclic) bond motifs is 3. The van der Waals surface area contributed by atoms with Gasteiger partial charge in [-0.05, 0) is 81.2 Å². The van der Waals surface area contributed by atoms with Crippen LogP contribution in [-0.4, -0.2) is 16.1 Å². The molecule has 0 aliphatic heterocycles. The number of allylic oxidation sites excluding steroid dienone is 2. The molecule has 0 radical (unpaired) electrons. The molecule has 0 saturated carbocycles. The second-order valence-electron chi connectivity index (χ2n) is 12.0. The number of hydrogen-bond acceptors (Lipinski definition) is 3. The van der Waals surface area contributed by atoms with Crippen molar-refractivity contribution in [2.45, 2.75) is 109 Å². The molecule has 4 rings (SSSR count). The number of halogens is 5. The molecular weight excluding hydrogens is 634 g/mol. The molecule has 0 fully saturated rings. The number of aryl methyl sites for hydroxylation is 2. The number of carboxylic acids is 1. The number of nitrogens with zero attached hydrogens (tertiary/aromatic N) is 1. The number of aromatic nitrogens is 1. The Labute approximate surface area is 277 Å². The Kier molecular flexibility index (Phi) is 13.5. The van der Waals surface area contributed by atoms with Gasteiger partial charge >= 0.3 is 12.1 Å². The maximum atomic E-state index is 14.7. The first-order chi connectivity index (χ1) is 22.1. The quantitative estimate of drug-likeness (QED) is 0.0648. The summed E-state index contributed by atoms with van der Waals surface area (Å²) in [6.07, 6.45) is 15.4. The minimum Gasteiger partial charge on any atom is -0.481 e. The lowest BCUT2D eigenvalue weighted by Crippen LogP contribution is -2.05. The zero-order valence-corrected chi connectivity index (χ0v) is 27.9. The number of alkyl halides is 3. The van der Waals surface area contributed by atoms with E-state index in [4.69, 9.17) is 21.7 Å². The predicted molar refractivity (Wildman–Crippen MR) is 182 cm³/mol. The Morgan fingerprint density at radius 2 is 1.52 bits per heavy atom. The summed E-state index contributed by atoms with van der Waals surface area (Å²) >= 11 is 8.28. The molecule has 0 bridgehead atoms. The van der Waals surface area contributed by atoms with Crippen LogP contribution in [0.25, 0.3) is 31.4 Å². The molecule has 2 aromatic carbocycles. The molecule has 4 aromatic rings. The minimum atomic E-state index is -4.60. The highest BCUT2D eigenvalue weighted by Gasteiger charge is 2.31. The van der Waals surface area contributed by atoms with E-state index in [9.17, 15) is 22.4 Å². The van der Waals surface area contributed by atoms with Crippen LogP contribution in [0, 0.1) is 12.7 Å². The van der Waals surface area contributed by atoms with Gasteiger partial charge in [-0.2, -0.15) is 13.2 Å². The van der Waals surface area contributed by atoms with Crippen LogP contribution in [0.3, 0.4) is 0 Å². The monoisotopic (exact) mass is 675 g/mol. The number of aliphatic carboxylic acids is 1. The highest BCUT2D eigenvalue weighted by Crippen LogP contribution is 2.41. The van der Waals surface area contributed by atoms with E-state index in [1.54, 1.807) is 6.07 Å². The standard InChI is InChI=1S/C37H42ClF4NO2S/c1-25-35(38)30(17-15-13-11-9-7-5-3-2-4-6-8-10-12-14-16-18-33(44)45)34-29-21-19-26(23-32(29)46-36(34)43-25)28-22-20-27(24-31(28)39)37(40,41)42/h2,4,19-24H,3,5-18H2,1H3,(H,44,45)/b4-2-. The fraction of sp³-hybridized carbons (Fsp3) is 0.459. The van der Waals surface area contributed by atoms with Crippen LogP contribution in [0.1, 0.15) is 107 Å². The van der Waals surface area contributed by atoms with Crippen molar-refractivity contribution in [3.8, 4) is 11.1 Å². The average molecular weight is 676 g/mol. The van der Waals surface area contributed by atoms with Crippen molar-refractivity contribution in [2.24, 2.45) is 0 Å². The Bertz CT molecular complexity index is 1650. The van der Waals surface area contributed by atoms with Gasteiger partial charge in [-0.15, -0.1) is 11.3 Å². The highest BCUT2D eigenvalue weighted by atomic mass is 35.5. The number of carboxylic acid groups (broad SMARTS) is 1. The second-order valence-corrected chi connectivity index (χ2v) is 13.4. The first kappa shape index (κ1) is 35.9. The average Bonchev–Trinajstić information content (AvgIpc) is 3.36. The Balaban J connectivity index is 1.25. The van der Waals surface area contributed by atoms with E-state index < -0.39 is 23.5 Å². The summed E-state index contributed by atoms with van der Waals surface area (Å²) in [4.78, 5) is 16.1. The van der Waals surface area contributed by atoms with E-state index in [0.717, 1.165) is 95.4 Å². The summed E-state index contributed by atoms with van der Waals surface area (Å²) in [5.41, 5.74) is 1.49. The third-order valence-electron chi connectivity index (χ3n) is 8.41. The van der Waals surface area contributed by atoms with Crippen molar-refractivity contribution in [3.63, 3.8) is 0 Å². The fourth-order valence-corrected chi connectivity index (χ4v) is 7.31. The first-order valence-electron chi connectivity index (χ1n) is 16.3. The number of pyridine rings is 1. The van der Waals surface area contributed by atoms with E-state index in [1.165, 1.54) is 49.5 Å². The van der Waals surface area contributed by atoms with Crippen LogP contribution in [-0.2, 0) is 17.4 Å². The minimum absolute atomic E-state index is 0.129. The second kappa shape index (κ2) is 17.3. The predicted octanol–water partition coefficient (Wildman–Crippen LogP) is 12.9. The highest BCUT2D eigenvalue weighted by molar-refractivity contribution is 7.25. The van der Waals surface area contributed by atoms with E-state index in [-0.39, 0.29) is 12.0 Å². The number of unbranched alkanes of at least 4 members (excludes halogenated alkanes) is 11. The SMILES string of the molecule is Cc1nc2sc3cc(-c4ccc(C(F)(F)F)cc4F)ccc3c2c(CCCCCCCC/C=C\CCCCCCCC(=O)O)c1Cl. The third kappa shape index (κ3) is 10.0. The summed E-state index contributed by atoms with van der Waals surface area (Å²) in [6.45, 7) is 1.90. The van der Waals surface area contributed by atoms with Gasteiger partial charge in [0.1, 0.15) is 10.6 Å². The Morgan fingerprint density at radius 1 is 0.891 bits per heavy atom. The van der Waals surface area contributed by atoms with E-state index in [1.807, 2.05) is 19.1 Å². The molecule has 0 saturated heterocycles. The number of hydrogen-bond donors (Lipinski definition) is 1.